The monoisotopic (exact) mass is 396 g/mol. The third-order valence-electron chi connectivity index (χ3n) is 5.12. The van der Waals surface area contributed by atoms with E-state index in [-0.39, 0.29) is 30.1 Å². The SMILES string of the molecule is COC(=O)C1=CN(CCC[C@H]2NCCC[C@@H]2O)C2C(Br)=CC=CC12. The van der Waals surface area contributed by atoms with Crippen LogP contribution in [0.5, 0.6) is 0 Å². The number of carbonyl (C=O) groups is 1. The van der Waals surface area contributed by atoms with Gasteiger partial charge in [-0.15, -0.1) is 0 Å². The Labute approximate surface area is 151 Å². The zero-order chi connectivity index (χ0) is 17.1. The third-order valence-corrected chi connectivity index (χ3v) is 5.85. The van der Waals surface area contributed by atoms with E-state index in [0.717, 1.165) is 43.3 Å². The van der Waals surface area contributed by atoms with Gasteiger partial charge >= 0.3 is 5.97 Å². The minimum Gasteiger partial charge on any atom is -0.466 e. The summed E-state index contributed by atoms with van der Waals surface area (Å²) < 4.78 is 6.02. The summed E-state index contributed by atoms with van der Waals surface area (Å²) in [5.74, 6) is -0.223. The number of nitrogens with one attached hydrogen (secondary N) is 1. The van der Waals surface area contributed by atoms with Crippen LogP contribution in [0.1, 0.15) is 25.7 Å². The molecule has 6 heteroatoms. The highest BCUT2D eigenvalue weighted by atomic mass is 79.9. The molecule has 1 fully saturated rings. The number of halogens is 1. The Morgan fingerprint density at radius 3 is 3.12 bits per heavy atom. The van der Waals surface area contributed by atoms with E-state index in [9.17, 15) is 9.90 Å². The lowest BCUT2D eigenvalue weighted by Gasteiger charge is -2.32. The van der Waals surface area contributed by atoms with E-state index in [1.165, 1.54) is 7.11 Å². The topological polar surface area (TPSA) is 61.8 Å². The van der Waals surface area contributed by atoms with Crippen molar-refractivity contribution < 1.29 is 14.6 Å². The van der Waals surface area contributed by atoms with Gasteiger partial charge in [0, 0.05) is 29.2 Å². The first-order chi connectivity index (χ1) is 11.6. The smallest absolute Gasteiger partial charge is 0.335 e. The largest absolute Gasteiger partial charge is 0.466 e. The second-order valence-corrected chi connectivity index (χ2v) is 7.55. The van der Waals surface area contributed by atoms with Gasteiger partial charge in [0.2, 0.25) is 0 Å². The van der Waals surface area contributed by atoms with E-state index in [4.69, 9.17) is 4.74 Å². The molecule has 2 N–H and O–H groups in total. The Bertz CT molecular complexity index is 573. The first kappa shape index (κ1) is 17.7. The van der Waals surface area contributed by atoms with Crippen LogP contribution in [-0.2, 0) is 9.53 Å². The van der Waals surface area contributed by atoms with Crippen molar-refractivity contribution in [2.24, 2.45) is 5.92 Å². The molecule has 2 unspecified atom stereocenters. The summed E-state index contributed by atoms with van der Waals surface area (Å²) in [6, 6.07) is 0.319. The number of nitrogens with zero attached hydrogens (tertiary/aromatic N) is 1. The number of esters is 1. The number of ether oxygens (including phenoxy) is 1. The van der Waals surface area contributed by atoms with Crippen molar-refractivity contribution in [2.45, 2.75) is 43.9 Å². The van der Waals surface area contributed by atoms with Gasteiger partial charge in [-0.05, 0) is 32.2 Å². The highest BCUT2D eigenvalue weighted by Gasteiger charge is 2.39. The molecule has 3 aliphatic rings. The Hall–Kier alpha value is -1.11. The van der Waals surface area contributed by atoms with Gasteiger partial charge < -0.3 is 20.1 Å². The molecule has 4 atom stereocenters. The number of hydrogen-bond donors (Lipinski definition) is 2. The Balaban J connectivity index is 1.63. The van der Waals surface area contributed by atoms with Gasteiger partial charge in [0.05, 0.1) is 24.8 Å². The van der Waals surface area contributed by atoms with E-state index in [2.05, 4.69) is 32.2 Å². The molecule has 1 saturated heterocycles. The lowest BCUT2D eigenvalue weighted by Crippen LogP contribution is -2.45. The molecule has 0 aromatic heterocycles. The van der Waals surface area contributed by atoms with Gasteiger partial charge in [0.25, 0.3) is 0 Å². The molecule has 0 aromatic rings. The van der Waals surface area contributed by atoms with Crippen LogP contribution in [0, 0.1) is 5.92 Å². The molecular weight excluding hydrogens is 372 g/mol. The predicted molar refractivity (Wildman–Crippen MR) is 96.5 cm³/mol. The minimum absolute atomic E-state index is 0.0372. The summed E-state index contributed by atoms with van der Waals surface area (Å²) in [4.78, 5) is 14.3. The van der Waals surface area contributed by atoms with Crippen molar-refractivity contribution in [1.29, 1.82) is 0 Å². The summed E-state index contributed by atoms with van der Waals surface area (Å²) in [5.41, 5.74) is 0.708. The van der Waals surface area contributed by atoms with Crippen molar-refractivity contribution >= 4 is 21.9 Å². The minimum atomic E-state index is -0.260. The van der Waals surface area contributed by atoms with Gasteiger partial charge in [0.1, 0.15) is 0 Å². The molecule has 0 radical (unpaired) electrons. The summed E-state index contributed by atoms with van der Waals surface area (Å²) in [6.07, 6.45) is 11.6. The maximum atomic E-state index is 12.1. The fourth-order valence-electron chi connectivity index (χ4n) is 3.86. The van der Waals surface area contributed by atoms with E-state index in [0.29, 0.717) is 5.57 Å². The van der Waals surface area contributed by atoms with Crippen molar-refractivity contribution in [3.05, 3.63) is 34.5 Å². The van der Waals surface area contributed by atoms with Gasteiger partial charge in [-0.3, -0.25) is 0 Å². The lowest BCUT2D eigenvalue weighted by molar-refractivity contribution is -0.136. The second kappa shape index (κ2) is 7.85. The normalized spacial score (nSPS) is 32.2. The fourth-order valence-corrected chi connectivity index (χ4v) is 4.56. The molecule has 0 spiro atoms. The number of rotatable bonds is 5. The maximum Gasteiger partial charge on any atom is 0.335 e. The number of piperidine rings is 1. The summed E-state index contributed by atoms with van der Waals surface area (Å²) in [6.45, 7) is 1.84. The molecule has 5 nitrogen and oxygen atoms in total. The predicted octanol–water partition coefficient (Wildman–Crippen LogP) is 2.09. The number of carbonyl (C=O) groups excluding carboxylic acids is 1. The molecule has 132 valence electrons. The molecule has 2 aliphatic heterocycles. The van der Waals surface area contributed by atoms with Crippen LogP contribution in [0.4, 0.5) is 0 Å². The van der Waals surface area contributed by atoms with E-state index < -0.39 is 0 Å². The first-order valence-electron chi connectivity index (χ1n) is 8.63. The van der Waals surface area contributed by atoms with E-state index in [1.807, 2.05) is 18.4 Å². The molecule has 1 aliphatic carbocycles. The molecule has 0 amide bonds. The van der Waals surface area contributed by atoms with Gasteiger partial charge in [-0.25, -0.2) is 4.79 Å². The average Bonchev–Trinajstić information content (AvgIpc) is 2.96. The number of aliphatic hydroxyl groups is 1. The molecule has 3 rings (SSSR count). The Morgan fingerprint density at radius 1 is 1.54 bits per heavy atom. The van der Waals surface area contributed by atoms with Crippen LogP contribution < -0.4 is 5.32 Å². The van der Waals surface area contributed by atoms with Gasteiger partial charge in [0.15, 0.2) is 0 Å². The van der Waals surface area contributed by atoms with Crippen molar-refractivity contribution in [2.75, 3.05) is 20.2 Å². The number of methoxy groups -OCH3 is 1. The average molecular weight is 397 g/mol. The van der Waals surface area contributed by atoms with Crippen LogP contribution in [0.15, 0.2) is 34.5 Å². The molecule has 2 heterocycles. The van der Waals surface area contributed by atoms with Crippen LogP contribution in [0.3, 0.4) is 0 Å². The van der Waals surface area contributed by atoms with Crippen LogP contribution >= 0.6 is 15.9 Å². The van der Waals surface area contributed by atoms with Crippen LogP contribution in [0.2, 0.25) is 0 Å². The standard InChI is InChI=1S/C18H25BrN2O3/c1-24-18(23)13-11-21(17-12(13)5-2-6-14(17)19)10-4-7-15-16(22)8-3-9-20-15/h2,5-6,11-12,15-17,20,22H,3-4,7-10H2,1H3/t12?,15-,16+,17?/m1/s1. The quantitative estimate of drug-likeness (QED) is 0.696. The van der Waals surface area contributed by atoms with Crippen molar-refractivity contribution in [1.82, 2.24) is 10.2 Å². The number of aliphatic hydroxyl groups excluding tert-OH is 1. The fraction of sp³-hybridized carbons (Fsp3) is 0.611. The Morgan fingerprint density at radius 2 is 2.38 bits per heavy atom. The summed E-state index contributed by atoms with van der Waals surface area (Å²) in [7, 11) is 1.42. The lowest BCUT2D eigenvalue weighted by atomic mass is 9.91. The molecule has 0 bridgehead atoms. The highest BCUT2D eigenvalue weighted by molar-refractivity contribution is 9.11. The van der Waals surface area contributed by atoms with E-state index in [1.54, 1.807) is 0 Å². The number of allylic oxidation sites excluding steroid dienone is 2. The second-order valence-electron chi connectivity index (χ2n) is 6.63. The zero-order valence-corrected chi connectivity index (χ0v) is 15.5. The van der Waals surface area contributed by atoms with Gasteiger partial charge in [-0.2, -0.15) is 0 Å². The van der Waals surface area contributed by atoms with Crippen LogP contribution in [0.25, 0.3) is 0 Å². The maximum absolute atomic E-state index is 12.1. The van der Waals surface area contributed by atoms with Crippen LogP contribution in [-0.4, -0.2) is 54.4 Å². The number of fused-ring (bicyclic) bond motifs is 1. The third kappa shape index (κ3) is 3.60. The summed E-state index contributed by atoms with van der Waals surface area (Å²) >= 11 is 3.64. The van der Waals surface area contributed by atoms with Crippen molar-refractivity contribution in [3.63, 3.8) is 0 Å². The van der Waals surface area contributed by atoms with Crippen molar-refractivity contribution in [3.8, 4) is 0 Å². The van der Waals surface area contributed by atoms with E-state index >= 15 is 0 Å². The molecular formula is C18H25BrN2O3. The van der Waals surface area contributed by atoms with Gasteiger partial charge in [-0.1, -0.05) is 34.2 Å². The molecule has 0 saturated carbocycles. The molecule has 24 heavy (non-hydrogen) atoms. The first-order valence-corrected chi connectivity index (χ1v) is 9.42. The Kier molecular flexibility index (Phi) is 5.79. The zero-order valence-electron chi connectivity index (χ0n) is 14.0. The molecule has 0 aromatic carbocycles. The highest BCUT2D eigenvalue weighted by Crippen LogP contribution is 2.39. The number of hydrogen-bond acceptors (Lipinski definition) is 5. The summed E-state index contributed by atoms with van der Waals surface area (Å²) in [5, 5.41) is 13.5.